The third-order valence-corrected chi connectivity index (χ3v) is 5.21. The highest BCUT2D eigenvalue weighted by Crippen LogP contribution is 2.40. The van der Waals surface area contributed by atoms with Crippen LogP contribution in [-0.4, -0.2) is 41.4 Å². The van der Waals surface area contributed by atoms with Gasteiger partial charge >= 0.3 is 5.97 Å². The number of benzene rings is 2. The van der Waals surface area contributed by atoms with Gasteiger partial charge in [-0.3, -0.25) is 4.79 Å². The van der Waals surface area contributed by atoms with E-state index in [1.165, 1.54) is 14.2 Å². The van der Waals surface area contributed by atoms with Gasteiger partial charge in [-0.25, -0.2) is 4.79 Å². The Hall–Kier alpha value is -3.79. The van der Waals surface area contributed by atoms with Gasteiger partial charge in [-0.1, -0.05) is 18.2 Å². The van der Waals surface area contributed by atoms with Gasteiger partial charge in [0.1, 0.15) is 16.4 Å². The summed E-state index contributed by atoms with van der Waals surface area (Å²) in [5.74, 6) is -0.558. The van der Waals surface area contributed by atoms with Crippen LogP contribution in [0, 0.1) is 0 Å². The van der Waals surface area contributed by atoms with Crippen LogP contribution in [-0.2, 0) is 9.59 Å². The van der Waals surface area contributed by atoms with Crippen LogP contribution in [0.3, 0.4) is 0 Å². The quantitative estimate of drug-likeness (QED) is 0.452. The molecule has 0 spiro atoms. The van der Waals surface area contributed by atoms with Crippen molar-refractivity contribution in [1.82, 2.24) is 10.2 Å². The fourth-order valence-electron chi connectivity index (χ4n) is 2.93. The fourth-order valence-corrected chi connectivity index (χ4v) is 3.70. The SMILES string of the molecule is COc1cc(OC)cc(-c2nnc(S/C(C(=O)O)=C3/C(=O)Nc4ccccc43)o2)c1. The molecule has 0 bridgehead atoms. The molecule has 4 rings (SSSR count). The van der Waals surface area contributed by atoms with E-state index in [2.05, 4.69) is 15.5 Å². The Labute approximate surface area is 174 Å². The molecular formula is C20H15N3O6S. The number of carbonyl (C=O) groups is 2. The van der Waals surface area contributed by atoms with E-state index >= 15 is 0 Å². The third-order valence-electron chi connectivity index (χ3n) is 4.29. The van der Waals surface area contributed by atoms with Crippen LogP contribution >= 0.6 is 11.8 Å². The number of ether oxygens (including phenoxy) is 2. The van der Waals surface area contributed by atoms with Crippen molar-refractivity contribution >= 4 is 34.9 Å². The van der Waals surface area contributed by atoms with Crippen molar-refractivity contribution in [2.24, 2.45) is 0 Å². The molecule has 1 aromatic heterocycles. The van der Waals surface area contributed by atoms with Crippen molar-refractivity contribution in [3.05, 3.63) is 52.9 Å². The van der Waals surface area contributed by atoms with Crippen LogP contribution in [0.25, 0.3) is 17.0 Å². The lowest BCUT2D eigenvalue weighted by atomic mass is 10.1. The lowest BCUT2D eigenvalue weighted by Crippen LogP contribution is -2.09. The van der Waals surface area contributed by atoms with E-state index in [0.29, 0.717) is 40.1 Å². The average molecular weight is 425 g/mol. The Morgan fingerprint density at radius 1 is 1.10 bits per heavy atom. The molecule has 0 saturated carbocycles. The largest absolute Gasteiger partial charge is 0.497 e. The molecule has 0 atom stereocenters. The summed E-state index contributed by atoms with van der Waals surface area (Å²) < 4.78 is 16.1. The van der Waals surface area contributed by atoms with Gasteiger partial charge in [0, 0.05) is 22.9 Å². The summed E-state index contributed by atoms with van der Waals surface area (Å²) in [4.78, 5) is 24.1. The Morgan fingerprint density at radius 3 is 2.47 bits per heavy atom. The minimum atomic E-state index is -1.27. The van der Waals surface area contributed by atoms with Crippen molar-refractivity contribution in [2.75, 3.05) is 19.5 Å². The van der Waals surface area contributed by atoms with Gasteiger partial charge in [0.05, 0.1) is 19.8 Å². The topological polar surface area (TPSA) is 124 Å². The number of rotatable bonds is 6. The Morgan fingerprint density at radius 2 is 1.80 bits per heavy atom. The monoisotopic (exact) mass is 425 g/mol. The lowest BCUT2D eigenvalue weighted by molar-refractivity contribution is -0.132. The number of thioether (sulfide) groups is 1. The number of aromatic nitrogens is 2. The first kappa shape index (κ1) is 19.5. The summed E-state index contributed by atoms with van der Waals surface area (Å²) in [6.07, 6.45) is 0. The molecule has 152 valence electrons. The molecule has 0 aliphatic carbocycles. The third kappa shape index (κ3) is 3.60. The highest BCUT2D eigenvalue weighted by Gasteiger charge is 2.31. The first-order valence-corrected chi connectivity index (χ1v) is 9.45. The van der Waals surface area contributed by atoms with Crippen molar-refractivity contribution in [3.63, 3.8) is 0 Å². The molecule has 2 aromatic carbocycles. The molecular weight excluding hydrogens is 410 g/mol. The summed E-state index contributed by atoms with van der Waals surface area (Å²) in [6.45, 7) is 0. The fraction of sp³-hybridized carbons (Fsp3) is 0.100. The van der Waals surface area contributed by atoms with Crippen molar-refractivity contribution < 1.29 is 28.6 Å². The molecule has 1 aliphatic heterocycles. The predicted molar refractivity (Wildman–Crippen MR) is 108 cm³/mol. The highest BCUT2D eigenvalue weighted by molar-refractivity contribution is 8.04. The van der Waals surface area contributed by atoms with Gasteiger partial charge in [-0.2, -0.15) is 0 Å². The summed E-state index contributed by atoms with van der Waals surface area (Å²) in [5.41, 5.74) is 1.64. The molecule has 3 aromatic rings. The van der Waals surface area contributed by atoms with Gasteiger partial charge in [-0.05, 0) is 30.0 Å². The van der Waals surface area contributed by atoms with E-state index in [4.69, 9.17) is 13.9 Å². The van der Waals surface area contributed by atoms with Crippen LogP contribution in [0.1, 0.15) is 5.56 Å². The van der Waals surface area contributed by atoms with Gasteiger partial charge in [0.2, 0.25) is 5.89 Å². The molecule has 0 saturated heterocycles. The van der Waals surface area contributed by atoms with E-state index in [0.717, 1.165) is 0 Å². The van der Waals surface area contributed by atoms with Crippen LogP contribution in [0.5, 0.6) is 11.5 Å². The number of amides is 1. The number of methoxy groups -OCH3 is 2. The number of hydrogen-bond acceptors (Lipinski definition) is 8. The zero-order valence-electron chi connectivity index (χ0n) is 15.8. The summed E-state index contributed by atoms with van der Waals surface area (Å²) >= 11 is 0.713. The molecule has 0 unspecified atom stereocenters. The van der Waals surface area contributed by atoms with E-state index < -0.39 is 11.9 Å². The molecule has 1 amide bonds. The number of anilines is 1. The zero-order chi connectivity index (χ0) is 21.3. The second kappa shape index (κ2) is 7.91. The first-order chi connectivity index (χ1) is 14.5. The van der Waals surface area contributed by atoms with E-state index in [9.17, 15) is 14.7 Å². The predicted octanol–water partition coefficient (Wildman–Crippen LogP) is 3.29. The van der Waals surface area contributed by atoms with Gasteiger partial charge in [-0.15, -0.1) is 10.2 Å². The number of nitrogens with zero attached hydrogens (tertiary/aromatic N) is 2. The van der Waals surface area contributed by atoms with Gasteiger partial charge < -0.3 is 24.3 Å². The minimum Gasteiger partial charge on any atom is -0.497 e. The number of fused-ring (bicyclic) bond motifs is 1. The molecule has 1 aliphatic rings. The maximum Gasteiger partial charge on any atom is 0.343 e. The highest BCUT2D eigenvalue weighted by atomic mass is 32.2. The minimum absolute atomic E-state index is 0.0196. The molecule has 10 heteroatoms. The van der Waals surface area contributed by atoms with Gasteiger partial charge in [0.15, 0.2) is 0 Å². The standard InChI is InChI=1S/C20H15N3O6S/c1-27-11-7-10(8-12(9-11)28-2)18-22-23-20(29-18)30-16(19(25)26)15-13-5-3-4-6-14(13)21-17(15)24/h3-9H,1-2H3,(H,21,24)(H,25,26)/b16-15+. The second-order valence-electron chi connectivity index (χ2n) is 6.09. The Balaban J connectivity index is 1.71. The van der Waals surface area contributed by atoms with Crippen LogP contribution in [0.2, 0.25) is 0 Å². The first-order valence-electron chi connectivity index (χ1n) is 8.63. The summed E-state index contributed by atoms with van der Waals surface area (Å²) in [7, 11) is 3.03. The number of carboxylic acids is 1. The lowest BCUT2D eigenvalue weighted by Gasteiger charge is -2.06. The number of aliphatic carboxylic acids is 1. The van der Waals surface area contributed by atoms with E-state index in [-0.39, 0.29) is 21.6 Å². The van der Waals surface area contributed by atoms with Crippen LogP contribution < -0.4 is 14.8 Å². The van der Waals surface area contributed by atoms with Crippen molar-refractivity contribution in [1.29, 1.82) is 0 Å². The molecule has 2 heterocycles. The molecule has 0 fully saturated rings. The number of carbonyl (C=O) groups excluding carboxylic acids is 1. The number of nitrogens with one attached hydrogen (secondary N) is 1. The second-order valence-corrected chi connectivity index (χ2v) is 7.05. The molecule has 2 N–H and O–H groups in total. The molecule has 9 nitrogen and oxygen atoms in total. The molecule has 30 heavy (non-hydrogen) atoms. The average Bonchev–Trinajstić information content (AvgIpc) is 3.35. The summed E-state index contributed by atoms with van der Waals surface area (Å²) in [5, 5.41) is 20.2. The van der Waals surface area contributed by atoms with Crippen LogP contribution in [0.15, 0.2) is 57.0 Å². The maximum atomic E-state index is 12.4. The Kier molecular flexibility index (Phi) is 5.15. The number of para-hydroxylation sites is 1. The zero-order valence-corrected chi connectivity index (χ0v) is 16.6. The van der Waals surface area contributed by atoms with E-state index in [1.807, 2.05) is 0 Å². The van der Waals surface area contributed by atoms with Crippen LogP contribution in [0.4, 0.5) is 5.69 Å². The number of hydrogen-bond donors (Lipinski definition) is 2. The smallest absolute Gasteiger partial charge is 0.343 e. The van der Waals surface area contributed by atoms with Gasteiger partial charge in [0.25, 0.3) is 11.1 Å². The van der Waals surface area contributed by atoms with Crippen molar-refractivity contribution in [3.8, 4) is 23.0 Å². The Bertz CT molecular complexity index is 1160. The van der Waals surface area contributed by atoms with Crippen molar-refractivity contribution in [2.45, 2.75) is 5.22 Å². The van der Waals surface area contributed by atoms with E-state index in [1.54, 1.807) is 42.5 Å². The maximum absolute atomic E-state index is 12.4. The number of carboxylic acid groups (broad SMARTS) is 1. The normalized spacial score (nSPS) is 14.1. The molecule has 0 radical (unpaired) electrons. The summed E-state index contributed by atoms with van der Waals surface area (Å²) in [6, 6.07) is 11.9.